The first-order valence-corrected chi connectivity index (χ1v) is 13.0. The summed E-state index contributed by atoms with van der Waals surface area (Å²) in [5.74, 6) is 1.06. The molecule has 0 radical (unpaired) electrons. The van der Waals surface area contributed by atoms with Crippen molar-refractivity contribution in [1.82, 2.24) is 14.9 Å². The van der Waals surface area contributed by atoms with Crippen LogP contribution < -0.4 is 10.1 Å². The number of nitrogens with zero attached hydrogens (tertiary/aromatic N) is 2. The van der Waals surface area contributed by atoms with Gasteiger partial charge in [0.15, 0.2) is 0 Å². The number of methoxy groups -OCH3 is 1. The number of carbonyl (C=O) groups excluding carboxylic acids is 1. The zero-order valence-corrected chi connectivity index (χ0v) is 21.9. The third-order valence-corrected chi connectivity index (χ3v) is 7.30. The van der Waals surface area contributed by atoms with Crippen molar-refractivity contribution in [3.05, 3.63) is 132 Å². The quantitative estimate of drug-likeness (QED) is 0.231. The summed E-state index contributed by atoms with van der Waals surface area (Å²) >= 11 is 0. The van der Waals surface area contributed by atoms with E-state index in [4.69, 9.17) is 4.74 Å². The number of pyridine rings is 1. The number of aromatic nitrogens is 2. The predicted octanol–water partition coefficient (Wildman–Crippen LogP) is 6.69. The molecule has 5 heteroatoms. The van der Waals surface area contributed by atoms with Crippen LogP contribution in [0, 0.1) is 0 Å². The molecule has 0 bridgehead atoms. The lowest BCUT2D eigenvalue weighted by atomic mass is 9.80. The largest absolute Gasteiger partial charge is 0.497 e. The molecule has 3 aromatic carbocycles. The molecule has 5 rings (SSSR count). The van der Waals surface area contributed by atoms with Crippen molar-refractivity contribution in [2.24, 2.45) is 0 Å². The van der Waals surface area contributed by atoms with Crippen LogP contribution in [0.2, 0.25) is 0 Å². The van der Waals surface area contributed by atoms with Gasteiger partial charge < -0.3 is 14.6 Å². The van der Waals surface area contributed by atoms with E-state index in [1.54, 1.807) is 19.5 Å². The first-order chi connectivity index (χ1) is 18.6. The van der Waals surface area contributed by atoms with Crippen molar-refractivity contribution in [3.63, 3.8) is 0 Å². The smallest absolute Gasteiger partial charge is 0.220 e. The van der Waals surface area contributed by atoms with Gasteiger partial charge in [-0.2, -0.15) is 0 Å². The lowest BCUT2D eigenvalue weighted by Crippen LogP contribution is -2.26. The average Bonchev–Trinajstić information content (AvgIpc) is 3.34. The van der Waals surface area contributed by atoms with Gasteiger partial charge in [-0.15, -0.1) is 0 Å². The van der Waals surface area contributed by atoms with Gasteiger partial charge in [-0.3, -0.25) is 9.78 Å². The molecule has 2 atom stereocenters. The summed E-state index contributed by atoms with van der Waals surface area (Å²) in [7, 11) is 1.68. The Morgan fingerprint density at radius 2 is 1.61 bits per heavy atom. The molecule has 2 aromatic heterocycles. The van der Waals surface area contributed by atoms with Crippen LogP contribution in [0.1, 0.15) is 47.4 Å². The van der Waals surface area contributed by atoms with Crippen molar-refractivity contribution in [2.75, 3.05) is 7.11 Å². The molecule has 0 unspecified atom stereocenters. The molecule has 5 nitrogen and oxygen atoms in total. The van der Waals surface area contributed by atoms with Crippen molar-refractivity contribution in [3.8, 4) is 5.75 Å². The summed E-state index contributed by atoms with van der Waals surface area (Å²) in [5.41, 5.74) is 5.83. The van der Waals surface area contributed by atoms with E-state index in [2.05, 4.69) is 88.7 Å². The number of benzene rings is 3. The van der Waals surface area contributed by atoms with E-state index in [1.165, 1.54) is 27.6 Å². The molecule has 0 spiro atoms. The van der Waals surface area contributed by atoms with E-state index in [9.17, 15) is 4.79 Å². The first-order valence-electron chi connectivity index (χ1n) is 13.0. The molecule has 38 heavy (non-hydrogen) atoms. The summed E-state index contributed by atoms with van der Waals surface area (Å²) in [6.45, 7) is 3.46. The average molecular weight is 504 g/mol. The topological polar surface area (TPSA) is 56.1 Å². The molecular formula is C33H33N3O2. The van der Waals surface area contributed by atoms with E-state index in [0.29, 0.717) is 13.0 Å². The number of rotatable bonds is 10. The number of hydrogen-bond donors (Lipinski definition) is 1. The fourth-order valence-corrected chi connectivity index (χ4v) is 5.15. The zero-order valence-electron chi connectivity index (χ0n) is 21.9. The Labute approximate surface area is 224 Å². The standard InChI is InChI=1S/C33H33N3O2/c1-24(27-8-4-3-5-9-27)30(20-33(37)35-21-25-16-18-34-19-17-25)31-23-36(32-11-7-6-10-29(31)32)22-26-12-14-28(38-2)15-13-26/h3-19,23-24,30H,20-22H2,1-2H3,(H,35,37)/t24-,30+/m1/s1. The van der Waals surface area contributed by atoms with Gasteiger partial charge in [0.2, 0.25) is 5.91 Å². The molecule has 0 fully saturated rings. The van der Waals surface area contributed by atoms with Gasteiger partial charge in [0.05, 0.1) is 7.11 Å². The number of fused-ring (bicyclic) bond motifs is 1. The predicted molar refractivity (Wildman–Crippen MR) is 152 cm³/mol. The third kappa shape index (κ3) is 5.78. The number of ether oxygens (including phenoxy) is 1. The van der Waals surface area contributed by atoms with Gasteiger partial charge in [-0.05, 0) is 58.5 Å². The molecule has 1 amide bonds. The summed E-state index contributed by atoms with van der Waals surface area (Å²) in [6, 6.07) is 31.0. The highest BCUT2D eigenvalue weighted by molar-refractivity contribution is 5.86. The Bertz CT molecular complexity index is 1480. The van der Waals surface area contributed by atoms with Gasteiger partial charge in [-0.1, -0.05) is 67.6 Å². The lowest BCUT2D eigenvalue weighted by molar-refractivity contribution is -0.121. The minimum atomic E-state index is 0.0110. The van der Waals surface area contributed by atoms with Crippen LogP contribution in [0.3, 0.4) is 0 Å². The summed E-state index contributed by atoms with van der Waals surface area (Å²) in [4.78, 5) is 17.4. The maximum Gasteiger partial charge on any atom is 0.220 e. The highest BCUT2D eigenvalue weighted by atomic mass is 16.5. The highest BCUT2D eigenvalue weighted by Crippen LogP contribution is 2.40. The summed E-state index contributed by atoms with van der Waals surface area (Å²) in [6.07, 6.45) is 6.14. The Balaban J connectivity index is 1.48. The van der Waals surface area contributed by atoms with Crippen molar-refractivity contribution < 1.29 is 9.53 Å². The molecule has 0 aliphatic carbocycles. The van der Waals surface area contributed by atoms with E-state index >= 15 is 0 Å². The van der Waals surface area contributed by atoms with Crippen LogP contribution in [-0.4, -0.2) is 22.6 Å². The van der Waals surface area contributed by atoms with Crippen LogP contribution >= 0.6 is 0 Å². The van der Waals surface area contributed by atoms with Gasteiger partial charge in [0, 0.05) is 54.9 Å². The van der Waals surface area contributed by atoms with Gasteiger partial charge in [-0.25, -0.2) is 0 Å². The molecule has 2 heterocycles. The molecule has 192 valence electrons. The number of nitrogens with one attached hydrogen (secondary N) is 1. The molecule has 0 saturated carbocycles. The molecule has 0 aliphatic rings. The highest BCUT2D eigenvalue weighted by Gasteiger charge is 2.27. The first kappa shape index (κ1) is 25.3. The van der Waals surface area contributed by atoms with Crippen molar-refractivity contribution in [1.29, 1.82) is 0 Å². The second-order valence-electron chi connectivity index (χ2n) is 9.72. The normalized spacial score (nSPS) is 12.7. The summed E-state index contributed by atoms with van der Waals surface area (Å²) in [5, 5.41) is 4.32. The zero-order chi connectivity index (χ0) is 26.3. The van der Waals surface area contributed by atoms with Crippen molar-refractivity contribution in [2.45, 2.75) is 38.3 Å². The molecule has 5 aromatic rings. The van der Waals surface area contributed by atoms with E-state index in [-0.39, 0.29) is 17.7 Å². The number of para-hydroxylation sites is 1. The van der Waals surface area contributed by atoms with E-state index < -0.39 is 0 Å². The number of carbonyl (C=O) groups is 1. The maximum absolute atomic E-state index is 13.3. The molecule has 0 aliphatic heterocycles. The maximum atomic E-state index is 13.3. The Kier molecular flexibility index (Phi) is 7.84. The monoisotopic (exact) mass is 503 g/mol. The fraction of sp³-hybridized carbons (Fsp3) is 0.212. The SMILES string of the molecule is COc1ccc(Cn2cc([C@@H](CC(=O)NCc3ccncc3)[C@H](C)c3ccccc3)c3ccccc32)cc1. The van der Waals surface area contributed by atoms with Crippen LogP contribution in [0.4, 0.5) is 0 Å². The lowest BCUT2D eigenvalue weighted by Gasteiger charge is -2.24. The Morgan fingerprint density at radius 1 is 0.895 bits per heavy atom. The Morgan fingerprint density at radius 3 is 2.34 bits per heavy atom. The van der Waals surface area contributed by atoms with E-state index in [1.807, 2.05) is 30.3 Å². The van der Waals surface area contributed by atoms with Crippen LogP contribution in [0.5, 0.6) is 5.75 Å². The van der Waals surface area contributed by atoms with Crippen LogP contribution in [0.25, 0.3) is 10.9 Å². The second-order valence-corrected chi connectivity index (χ2v) is 9.72. The van der Waals surface area contributed by atoms with Crippen LogP contribution in [-0.2, 0) is 17.9 Å². The minimum Gasteiger partial charge on any atom is -0.497 e. The van der Waals surface area contributed by atoms with Gasteiger partial charge in [0.1, 0.15) is 5.75 Å². The van der Waals surface area contributed by atoms with Crippen LogP contribution in [0.15, 0.2) is 110 Å². The second kappa shape index (κ2) is 11.8. The van der Waals surface area contributed by atoms with Gasteiger partial charge >= 0.3 is 0 Å². The molecular weight excluding hydrogens is 470 g/mol. The Hall–Kier alpha value is -4.38. The number of amides is 1. The fourth-order valence-electron chi connectivity index (χ4n) is 5.15. The van der Waals surface area contributed by atoms with E-state index in [0.717, 1.165) is 17.9 Å². The minimum absolute atomic E-state index is 0.0110. The molecule has 0 saturated heterocycles. The third-order valence-electron chi connectivity index (χ3n) is 7.30. The van der Waals surface area contributed by atoms with Crippen molar-refractivity contribution >= 4 is 16.8 Å². The number of hydrogen-bond acceptors (Lipinski definition) is 3. The summed E-state index contributed by atoms with van der Waals surface area (Å²) < 4.78 is 7.63. The van der Waals surface area contributed by atoms with Gasteiger partial charge in [0.25, 0.3) is 0 Å². The molecule has 1 N–H and O–H groups in total.